The average molecular weight is 330 g/mol. The molecule has 2 fully saturated rings. The van der Waals surface area contributed by atoms with Gasteiger partial charge in [0.15, 0.2) is 0 Å². The molecular formula is C19H26N2O3. The number of hydrogen-bond donors (Lipinski definition) is 1. The molecule has 0 bridgehead atoms. The smallest absolute Gasteiger partial charge is 0.219 e. The SMILES string of the molecule is CC(=O)N1CCC2(CO)CN(Cc3ccc4c(c3)CCO4)CC2C1. The number of ether oxygens (including phenoxy) is 1. The topological polar surface area (TPSA) is 53.0 Å². The monoisotopic (exact) mass is 330 g/mol. The lowest BCUT2D eigenvalue weighted by molar-refractivity contribution is -0.133. The molecule has 2 saturated heterocycles. The van der Waals surface area contributed by atoms with Gasteiger partial charge in [-0.2, -0.15) is 0 Å². The largest absolute Gasteiger partial charge is 0.493 e. The molecule has 5 nitrogen and oxygen atoms in total. The Morgan fingerprint density at radius 3 is 3.08 bits per heavy atom. The van der Waals surface area contributed by atoms with Crippen LogP contribution in [0.1, 0.15) is 24.5 Å². The number of likely N-dealkylation sites (tertiary alicyclic amines) is 2. The molecule has 1 aromatic carbocycles. The van der Waals surface area contributed by atoms with E-state index in [1.54, 1.807) is 6.92 Å². The summed E-state index contributed by atoms with van der Waals surface area (Å²) in [6, 6.07) is 6.50. The van der Waals surface area contributed by atoms with Crippen LogP contribution in [0.5, 0.6) is 5.75 Å². The molecule has 2 atom stereocenters. The van der Waals surface area contributed by atoms with Gasteiger partial charge in [-0.05, 0) is 29.5 Å². The van der Waals surface area contributed by atoms with Crippen LogP contribution in [-0.4, -0.2) is 60.2 Å². The van der Waals surface area contributed by atoms with Crippen molar-refractivity contribution < 1.29 is 14.6 Å². The van der Waals surface area contributed by atoms with E-state index < -0.39 is 0 Å². The summed E-state index contributed by atoms with van der Waals surface area (Å²) < 4.78 is 5.58. The van der Waals surface area contributed by atoms with Gasteiger partial charge < -0.3 is 14.7 Å². The molecule has 3 aliphatic rings. The molecule has 0 radical (unpaired) electrons. The van der Waals surface area contributed by atoms with E-state index in [4.69, 9.17) is 4.74 Å². The van der Waals surface area contributed by atoms with Crippen LogP contribution in [0.2, 0.25) is 0 Å². The summed E-state index contributed by atoms with van der Waals surface area (Å²) >= 11 is 0. The van der Waals surface area contributed by atoms with Gasteiger partial charge in [0.2, 0.25) is 5.91 Å². The van der Waals surface area contributed by atoms with E-state index in [-0.39, 0.29) is 17.9 Å². The lowest BCUT2D eigenvalue weighted by Gasteiger charge is -2.42. The van der Waals surface area contributed by atoms with Crippen molar-refractivity contribution in [1.82, 2.24) is 9.80 Å². The van der Waals surface area contributed by atoms with E-state index >= 15 is 0 Å². The van der Waals surface area contributed by atoms with Crippen molar-refractivity contribution in [2.75, 3.05) is 39.4 Å². The van der Waals surface area contributed by atoms with Crippen LogP contribution in [0, 0.1) is 11.3 Å². The average Bonchev–Trinajstić information content (AvgIpc) is 3.17. The molecular weight excluding hydrogens is 304 g/mol. The van der Waals surface area contributed by atoms with Crippen molar-refractivity contribution in [3.63, 3.8) is 0 Å². The molecule has 5 heteroatoms. The van der Waals surface area contributed by atoms with Crippen molar-refractivity contribution in [3.05, 3.63) is 29.3 Å². The summed E-state index contributed by atoms with van der Waals surface area (Å²) in [5.41, 5.74) is 2.59. The second kappa shape index (κ2) is 6.05. The summed E-state index contributed by atoms with van der Waals surface area (Å²) in [5, 5.41) is 10.0. The van der Waals surface area contributed by atoms with E-state index in [1.807, 2.05) is 4.90 Å². The van der Waals surface area contributed by atoms with Gasteiger partial charge in [-0.3, -0.25) is 9.69 Å². The molecule has 3 heterocycles. The van der Waals surface area contributed by atoms with Crippen LogP contribution in [0.4, 0.5) is 0 Å². The molecule has 0 saturated carbocycles. The van der Waals surface area contributed by atoms with Crippen LogP contribution in [0.15, 0.2) is 18.2 Å². The van der Waals surface area contributed by atoms with Gasteiger partial charge in [-0.1, -0.05) is 12.1 Å². The minimum atomic E-state index is -0.0359. The van der Waals surface area contributed by atoms with Crippen LogP contribution in [0.3, 0.4) is 0 Å². The fourth-order valence-corrected chi connectivity index (χ4v) is 4.65. The van der Waals surface area contributed by atoms with Crippen LogP contribution < -0.4 is 4.74 Å². The number of carbonyl (C=O) groups is 1. The Kier molecular flexibility index (Phi) is 4.01. The van der Waals surface area contributed by atoms with Crippen molar-refractivity contribution in [2.45, 2.75) is 26.3 Å². The van der Waals surface area contributed by atoms with Gasteiger partial charge in [-0.15, -0.1) is 0 Å². The van der Waals surface area contributed by atoms with Crippen molar-refractivity contribution in [2.24, 2.45) is 11.3 Å². The lowest BCUT2D eigenvalue weighted by Crippen LogP contribution is -2.50. The number of benzene rings is 1. The molecule has 4 rings (SSSR count). The van der Waals surface area contributed by atoms with Crippen LogP contribution in [0.25, 0.3) is 0 Å². The number of fused-ring (bicyclic) bond motifs is 2. The zero-order valence-corrected chi connectivity index (χ0v) is 14.3. The first kappa shape index (κ1) is 15.9. The van der Waals surface area contributed by atoms with E-state index in [0.29, 0.717) is 5.92 Å². The van der Waals surface area contributed by atoms with Gasteiger partial charge >= 0.3 is 0 Å². The fraction of sp³-hybridized carbons (Fsp3) is 0.632. The molecule has 2 unspecified atom stereocenters. The number of carbonyl (C=O) groups excluding carboxylic acids is 1. The van der Waals surface area contributed by atoms with E-state index in [1.165, 1.54) is 11.1 Å². The first-order valence-electron chi connectivity index (χ1n) is 8.93. The highest BCUT2D eigenvalue weighted by atomic mass is 16.5. The maximum atomic E-state index is 11.7. The summed E-state index contributed by atoms with van der Waals surface area (Å²) in [6.45, 7) is 7.00. The quantitative estimate of drug-likeness (QED) is 0.907. The Hall–Kier alpha value is -1.59. The first-order chi connectivity index (χ1) is 11.6. The second-order valence-corrected chi connectivity index (χ2v) is 7.64. The zero-order chi connectivity index (χ0) is 16.7. The van der Waals surface area contributed by atoms with Gasteiger partial charge in [0, 0.05) is 51.5 Å². The number of hydrogen-bond acceptors (Lipinski definition) is 4. The Morgan fingerprint density at radius 2 is 2.29 bits per heavy atom. The molecule has 0 aromatic heterocycles. The molecule has 1 amide bonds. The Morgan fingerprint density at radius 1 is 1.42 bits per heavy atom. The molecule has 3 aliphatic heterocycles. The third-order valence-corrected chi connectivity index (χ3v) is 6.12. The number of nitrogens with zero attached hydrogens (tertiary/aromatic N) is 2. The normalized spacial score (nSPS) is 29.2. The highest BCUT2D eigenvalue weighted by molar-refractivity contribution is 5.73. The van der Waals surface area contributed by atoms with E-state index in [9.17, 15) is 9.90 Å². The lowest BCUT2D eigenvalue weighted by atomic mass is 9.73. The number of amides is 1. The maximum absolute atomic E-state index is 11.7. The Labute approximate surface area is 143 Å². The molecule has 1 N–H and O–H groups in total. The fourth-order valence-electron chi connectivity index (χ4n) is 4.65. The highest BCUT2D eigenvalue weighted by Gasteiger charge is 2.49. The first-order valence-corrected chi connectivity index (χ1v) is 8.93. The van der Waals surface area contributed by atoms with Crippen molar-refractivity contribution in [3.8, 4) is 5.75 Å². The summed E-state index contributed by atoms with van der Waals surface area (Å²) in [6.07, 6.45) is 1.90. The maximum Gasteiger partial charge on any atom is 0.219 e. The highest BCUT2D eigenvalue weighted by Crippen LogP contribution is 2.43. The minimum Gasteiger partial charge on any atom is -0.493 e. The third kappa shape index (κ3) is 2.70. The minimum absolute atomic E-state index is 0.0359. The molecule has 24 heavy (non-hydrogen) atoms. The van der Waals surface area contributed by atoms with E-state index in [0.717, 1.165) is 57.9 Å². The van der Waals surface area contributed by atoms with Crippen LogP contribution in [-0.2, 0) is 17.8 Å². The van der Waals surface area contributed by atoms with Crippen molar-refractivity contribution in [1.29, 1.82) is 0 Å². The van der Waals surface area contributed by atoms with Gasteiger partial charge in [0.1, 0.15) is 5.75 Å². The van der Waals surface area contributed by atoms with Gasteiger partial charge in [0.05, 0.1) is 13.2 Å². The Balaban J connectivity index is 1.47. The summed E-state index contributed by atoms with van der Waals surface area (Å²) in [7, 11) is 0. The molecule has 1 aromatic rings. The van der Waals surface area contributed by atoms with Gasteiger partial charge in [-0.25, -0.2) is 0 Å². The molecule has 0 aliphatic carbocycles. The summed E-state index contributed by atoms with van der Waals surface area (Å²) in [4.78, 5) is 16.1. The Bertz CT molecular complexity index is 647. The van der Waals surface area contributed by atoms with Crippen LogP contribution >= 0.6 is 0 Å². The zero-order valence-electron chi connectivity index (χ0n) is 14.3. The van der Waals surface area contributed by atoms with E-state index in [2.05, 4.69) is 23.1 Å². The number of piperidine rings is 1. The predicted molar refractivity (Wildman–Crippen MR) is 90.8 cm³/mol. The molecule has 130 valence electrons. The molecule has 0 spiro atoms. The predicted octanol–water partition coefficient (Wildman–Crippen LogP) is 1.28. The standard InChI is InChI=1S/C19H26N2O3/c1-14(23)21-6-5-19(13-22)12-20(10-17(19)11-21)9-15-2-3-18-16(8-15)4-7-24-18/h2-3,8,17,22H,4-7,9-13H2,1H3. The van der Waals surface area contributed by atoms with Crippen molar-refractivity contribution >= 4 is 5.91 Å². The second-order valence-electron chi connectivity index (χ2n) is 7.64. The number of aliphatic hydroxyl groups is 1. The third-order valence-electron chi connectivity index (χ3n) is 6.12. The number of rotatable bonds is 3. The van der Waals surface area contributed by atoms with Gasteiger partial charge in [0.25, 0.3) is 0 Å². The summed E-state index contributed by atoms with van der Waals surface area (Å²) in [5.74, 6) is 1.55. The number of aliphatic hydroxyl groups excluding tert-OH is 1.